The van der Waals surface area contributed by atoms with E-state index >= 15 is 0 Å². The molecule has 3 aliphatic rings. The molecule has 2 bridgehead atoms. The fraction of sp³-hybridized carbons (Fsp3) is 0.650. The molecule has 0 aromatic carbocycles. The highest BCUT2D eigenvalue weighted by atomic mass is 15.4. The van der Waals surface area contributed by atoms with E-state index in [4.69, 9.17) is 0 Å². The number of nitrogens with zero attached hydrogens (tertiary/aromatic N) is 6. The highest BCUT2D eigenvalue weighted by molar-refractivity contribution is 5.40. The third kappa shape index (κ3) is 2.80. The van der Waals surface area contributed by atoms with Crippen LogP contribution in [0.3, 0.4) is 0 Å². The van der Waals surface area contributed by atoms with Gasteiger partial charge in [-0.25, -0.2) is 4.68 Å². The maximum atomic E-state index is 4.49. The average Bonchev–Trinajstić information content (AvgIpc) is 3.38. The number of aryl methyl sites for hydroxylation is 2. The molecule has 5 rings (SSSR count). The molecular weight excluding hydrogens is 324 g/mol. The number of rotatable bonds is 3. The number of hydrogen-bond acceptors (Lipinski definition) is 5. The van der Waals surface area contributed by atoms with Crippen LogP contribution in [0.25, 0.3) is 5.82 Å². The van der Waals surface area contributed by atoms with Crippen LogP contribution >= 0.6 is 0 Å². The molecule has 3 atom stereocenters. The van der Waals surface area contributed by atoms with Crippen molar-refractivity contribution in [3.05, 3.63) is 29.6 Å². The van der Waals surface area contributed by atoms with Gasteiger partial charge < -0.3 is 4.90 Å². The standard InChI is InChI=1S/C20H28N6/c1-14-11-15(2)26(23-14)20-6-5-19(21-22-20)25-9-7-24(8-10-25)18-13-16-3-4-17(18)12-16/h5-6,11,16-18H,3-4,7-10,12-13H2,1-2H3/t16-,17+,18-/m1/s1. The average molecular weight is 352 g/mol. The Bertz CT molecular complexity index is 774. The van der Waals surface area contributed by atoms with Crippen molar-refractivity contribution in [3.8, 4) is 5.82 Å². The van der Waals surface area contributed by atoms with E-state index in [1.54, 1.807) is 0 Å². The lowest BCUT2D eigenvalue weighted by molar-refractivity contribution is 0.134. The summed E-state index contributed by atoms with van der Waals surface area (Å²) in [6, 6.07) is 7.04. The monoisotopic (exact) mass is 352 g/mol. The summed E-state index contributed by atoms with van der Waals surface area (Å²) in [4.78, 5) is 5.12. The SMILES string of the molecule is Cc1cc(C)n(-c2ccc(N3CCN([C@@H]4C[C@@H]5CC[C@H]4C5)CC3)nn2)n1. The predicted octanol–water partition coefficient (Wildman–Crippen LogP) is 2.59. The third-order valence-corrected chi connectivity index (χ3v) is 6.67. The van der Waals surface area contributed by atoms with Gasteiger partial charge in [-0.05, 0) is 63.1 Å². The van der Waals surface area contributed by atoms with Gasteiger partial charge >= 0.3 is 0 Å². The summed E-state index contributed by atoms with van der Waals surface area (Å²) < 4.78 is 1.86. The van der Waals surface area contributed by atoms with Crippen LogP contribution in [-0.4, -0.2) is 57.1 Å². The van der Waals surface area contributed by atoms with Crippen molar-refractivity contribution < 1.29 is 0 Å². The van der Waals surface area contributed by atoms with E-state index in [0.717, 1.165) is 67.1 Å². The fourth-order valence-corrected chi connectivity index (χ4v) is 5.40. The molecule has 1 aliphatic heterocycles. The zero-order valence-electron chi connectivity index (χ0n) is 15.8. The van der Waals surface area contributed by atoms with Crippen molar-refractivity contribution in [2.45, 2.75) is 45.6 Å². The first-order valence-corrected chi connectivity index (χ1v) is 10.0. The maximum absolute atomic E-state index is 4.49. The van der Waals surface area contributed by atoms with Crippen LogP contribution in [0, 0.1) is 25.7 Å². The van der Waals surface area contributed by atoms with Crippen LogP contribution in [0.1, 0.15) is 37.1 Å². The summed E-state index contributed by atoms with van der Waals surface area (Å²) in [6.45, 7) is 8.48. The smallest absolute Gasteiger partial charge is 0.176 e. The van der Waals surface area contributed by atoms with E-state index in [-0.39, 0.29) is 0 Å². The lowest BCUT2D eigenvalue weighted by atomic mass is 9.93. The van der Waals surface area contributed by atoms with Crippen molar-refractivity contribution in [1.29, 1.82) is 0 Å². The Morgan fingerprint density at radius 1 is 0.923 bits per heavy atom. The highest BCUT2D eigenvalue weighted by Crippen LogP contribution is 2.46. The molecule has 3 heterocycles. The molecule has 138 valence electrons. The van der Waals surface area contributed by atoms with Gasteiger partial charge in [0.1, 0.15) is 0 Å². The highest BCUT2D eigenvalue weighted by Gasteiger charge is 2.42. The van der Waals surface area contributed by atoms with E-state index in [9.17, 15) is 0 Å². The quantitative estimate of drug-likeness (QED) is 0.850. The first kappa shape index (κ1) is 16.2. The second-order valence-corrected chi connectivity index (χ2v) is 8.35. The maximum Gasteiger partial charge on any atom is 0.176 e. The number of fused-ring (bicyclic) bond motifs is 2. The summed E-state index contributed by atoms with van der Waals surface area (Å²) in [7, 11) is 0. The molecule has 0 spiro atoms. The molecule has 2 aliphatic carbocycles. The van der Waals surface area contributed by atoms with E-state index < -0.39 is 0 Å². The molecule has 0 amide bonds. The topological polar surface area (TPSA) is 50.1 Å². The molecule has 2 aromatic rings. The number of hydrogen-bond donors (Lipinski definition) is 0. The normalized spacial score (nSPS) is 28.8. The fourth-order valence-electron chi connectivity index (χ4n) is 5.40. The minimum atomic E-state index is 0.792. The summed E-state index contributed by atoms with van der Waals surface area (Å²) in [5.74, 6) is 3.78. The second kappa shape index (κ2) is 6.34. The molecular formula is C20H28N6. The van der Waals surface area contributed by atoms with Gasteiger partial charge in [0.25, 0.3) is 0 Å². The summed E-state index contributed by atoms with van der Waals surface area (Å²) >= 11 is 0. The first-order chi connectivity index (χ1) is 12.7. The Balaban J connectivity index is 1.23. The zero-order valence-corrected chi connectivity index (χ0v) is 15.8. The van der Waals surface area contributed by atoms with Gasteiger partial charge in [-0.3, -0.25) is 4.90 Å². The van der Waals surface area contributed by atoms with Crippen molar-refractivity contribution >= 4 is 5.82 Å². The molecule has 0 N–H and O–H groups in total. The Hall–Kier alpha value is -1.95. The first-order valence-electron chi connectivity index (χ1n) is 10.0. The van der Waals surface area contributed by atoms with Crippen LogP contribution in [0.2, 0.25) is 0 Å². The van der Waals surface area contributed by atoms with E-state index in [1.165, 1.54) is 25.7 Å². The van der Waals surface area contributed by atoms with Crippen LogP contribution in [0.15, 0.2) is 18.2 Å². The van der Waals surface area contributed by atoms with Crippen molar-refractivity contribution in [1.82, 2.24) is 24.9 Å². The Labute approximate surface area is 155 Å². The van der Waals surface area contributed by atoms with Crippen LogP contribution in [0.4, 0.5) is 5.82 Å². The molecule has 2 aromatic heterocycles. The van der Waals surface area contributed by atoms with Gasteiger partial charge in [-0.1, -0.05) is 6.42 Å². The van der Waals surface area contributed by atoms with Gasteiger partial charge in [-0.2, -0.15) is 5.10 Å². The van der Waals surface area contributed by atoms with Gasteiger partial charge in [0, 0.05) is 37.9 Å². The summed E-state index contributed by atoms with van der Waals surface area (Å²) in [5, 5.41) is 13.4. The molecule has 26 heavy (non-hydrogen) atoms. The van der Waals surface area contributed by atoms with Crippen LogP contribution in [-0.2, 0) is 0 Å². The van der Waals surface area contributed by atoms with Gasteiger partial charge in [0.05, 0.1) is 5.69 Å². The van der Waals surface area contributed by atoms with Crippen LogP contribution < -0.4 is 4.90 Å². The lowest BCUT2D eigenvalue weighted by Crippen LogP contribution is -2.52. The predicted molar refractivity (Wildman–Crippen MR) is 102 cm³/mol. The summed E-state index contributed by atoms with van der Waals surface area (Å²) in [5.41, 5.74) is 2.09. The van der Waals surface area contributed by atoms with E-state index in [1.807, 2.05) is 24.6 Å². The lowest BCUT2D eigenvalue weighted by Gasteiger charge is -2.41. The van der Waals surface area contributed by atoms with Gasteiger partial charge in [-0.15, -0.1) is 10.2 Å². The molecule has 2 saturated carbocycles. The minimum absolute atomic E-state index is 0.792. The zero-order chi connectivity index (χ0) is 17.7. The molecule has 1 saturated heterocycles. The van der Waals surface area contributed by atoms with E-state index in [0.29, 0.717) is 0 Å². The Morgan fingerprint density at radius 2 is 1.69 bits per heavy atom. The Morgan fingerprint density at radius 3 is 2.27 bits per heavy atom. The minimum Gasteiger partial charge on any atom is -0.353 e. The molecule has 6 heteroatoms. The largest absolute Gasteiger partial charge is 0.353 e. The van der Waals surface area contributed by atoms with Gasteiger partial charge in [0.2, 0.25) is 0 Å². The van der Waals surface area contributed by atoms with Crippen molar-refractivity contribution in [3.63, 3.8) is 0 Å². The molecule has 3 fully saturated rings. The van der Waals surface area contributed by atoms with E-state index in [2.05, 4.69) is 37.2 Å². The summed E-state index contributed by atoms with van der Waals surface area (Å²) in [6.07, 6.45) is 5.89. The number of aromatic nitrogens is 4. The Kier molecular flexibility index (Phi) is 3.96. The molecule has 6 nitrogen and oxygen atoms in total. The molecule has 0 radical (unpaired) electrons. The van der Waals surface area contributed by atoms with Crippen LogP contribution in [0.5, 0.6) is 0 Å². The van der Waals surface area contributed by atoms with Crippen molar-refractivity contribution in [2.75, 3.05) is 31.1 Å². The number of piperazine rings is 1. The van der Waals surface area contributed by atoms with Crippen molar-refractivity contribution in [2.24, 2.45) is 11.8 Å². The second-order valence-electron chi connectivity index (χ2n) is 8.35. The molecule has 0 unspecified atom stereocenters. The third-order valence-electron chi connectivity index (χ3n) is 6.67. The van der Waals surface area contributed by atoms with Gasteiger partial charge in [0.15, 0.2) is 11.6 Å². The number of anilines is 1.